The highest BCUT2D eigenvalue weighted by Gasteiger charge is 2.21. The molecule has 1 amide bonds. The third-order valence-corrected chi connectivity index (χ3v) is 3.35. The summed E-state index contributed by atoms with van der Waals surface area (Å²) in [5.41, 5.74) is 1.11. The SMILES string of the molecule is CC(NC(=O)CNC1CC1)c1cccc(Br)c1. The molecule has 0 radical (unpaired) electrons. The topological polar surface area (TPSA) is 41.1 Å². The zero-order valence-corrected chi connectivity index (χ0v) is 11.5. The van der Waals surface area contributed by atoms with Gasteiger partial charge in [-0.1, -0.05) is 28.1 Å². The van der Waals surface area contributed by atoms with E-state index in [0.717, 1.165) is 10.0 Å². The minimum atomic E-state index is 0.0426. The molecule has 0 heterocycles. The average molecular weight is 297 g/mol. The molecule has 3 nitrogen and oxygen atoms in total. The van der Waals surface area contributed by atoms with Crippen LogP contribution in [0.3, 0.4) is 0 Å². The maximum Gasteiger partial charge on any atom is 0.234 e. The van der Waals surface area contributed by atoms with Crippen molar-refractivity contribution < 1.29 is 4.79 Å². The minimum absolute atomic E-state index is 0.0426. The van der Waals surface area contributed by atoms with Crippen LogP contribution < -0.4 is 10.6 Å². The fourth-order valence-electron chi connectivity index (χ4n) is 1.68. The van der Waals surface area contributed by atoms with E-state index in [0.29, 0.717) is 12.6 Å². The molecule has 1 aliphatic carbocycles. The Labute approximate surface area is 110 Å². The molecule has 0 spiro atoms. The third kappa shape index (κ3) is 4.13. The van der Waals surface area contributed by atoms with E-state index in [2.05, 4.69) is 26.6 Å². The van der Waals surface area contributed by atoms with Crippen LogP contribution >= 0.6 is 15.9 Å². The van der Waals surface area contributed by atoms with Crippen molar-refractivity contribution in [2.45, 2.75) is 31.8 Å². The molecular formula is C13H17BrN2O. The van der Waals surface area contributed by atoms with Crippen molar-refractivity contribution in [3.63, 3.8) is 0 Å². The van der Waals surface area contributed by atoms with Gasteiger partial charge in [0.2, 0.25) is 5.91 Å². The van der Waals surface area contributed by atoms with Gasteiger partial charge in [-0.15, -0.1) is 0 Å². The van der Waals surface area contributed by atoms with Gasteiger partial charge in [0.15, 0.2) is 0 Å². The summed E-state index contributed by atoms with van der Waals surface area (Å²) in [4.78, 5) is 11.7. The third-order valence-electron chi connectivity index (χ3n) is 2.85. The first-order valence-electron chi connectivity index (χ1n) is 5.93. The van der Waals surface area contributed by atoms with Crippen LogP contribution in [0.4, 0.5) is 0 Å². The normalized spacial score (nSPS) is 16.6. The van der Waals surface area contributed by atoms with Gasteiger partial charge < -0.3 is 10.6 Å². The molecule has 1 fully saturated rings. The number of hydrogen-bond acceptors (Lipinski definition) is 2. The summed E-state index contributed by atoms with van der Waals surface area (Å²) < 4.78 is 1.03. The van der Waals surface area contributed by atoms with Gasteiger partial charge in [-0.25, -0.2) is 0 Å². The van der Waals surface area contributed by atoms with Gasteiger partial charge in [-0.3, -0.25) is 4.79 Å². The van der Waals surface area contributed by atoms with E-state index in [4.69, 9.17) is 0 Å². The molecule has 92 valence electrons. The summed E-state index contributed by atoms with van der Waals surface area (Å²) in [7, 11) is 0. The largest absolute Gasteiger partial charge is 0.348 e. The van der Waals surface area contributed by atoms with Crippen molar-refractivity contribution in [2.24, 2.45) is 0 Å². The smallest absolute Gasteiger partial charge is 0.234 e. The summed E-state index contributed by atoms with van der Waals surface area (Å²) >= 11 is 3.43. The van der Waals surface area contributed by atoms with E-state index in [1.165, 1.54) is 12.8 Å². The zero-order chi connectivity index (χ0) is 12.3. The Bertz CT molecular complexity index is 404. The van der Waals surface area contributed by atoms with E-state index in [9.17, 15) is 4.79 Å². The van der Waals surface area contributed by atoms with Crippen molar-refractivity contribution in [1.82, 2.24) is 10.6 Å². The van der Waals surface area contributed by atoms with Gasteiger partial charge in [0, 0.05) is 10.5 Å². The van der Waals surface area contributed by atoms with Crippen molar-refractivity contribution in [2.75, 3.05) is 6.54 Å². The predicted molar refractivity (Wildman–Crippen MR) is 71.7 cm³/mol. The van der Waals surface area contributed by atoms with Gasteiger partial charge in [0.25, 0.3) is 0 Å². The highest BCUT2D eigenvalue weighted by molar-refractivity contribution is 9.10. The van der Waals surface area contributed by atoms with Gasteiger partial charge in [-0.2, -0.15) is 0 Å². The molecule has 2 N–H and O–H groups in total. The maximum absolute atomic E-state index is 11.7. The predicted octanol–water partition coefficient (Wildman–Crippen LogP) is 2.38. The second kappa shape index (κ2) is 5.65. The summed E-state index contributed by atoms with van der Waals surface area (Å²) in [5, 5.41) is 6.19. The van der Waals surface area contributed by atoms with Crippen LogP contribution in [0.25, 0.3) is 0 Å². The van der Waals surface area contributed by atoms with Gasteiger partial charge in [0.1, 0.15) is 0 Å². The van der Waals surface area contributed by atoms with Crippen LogP contribution in [0.2, 0.25) is 0 Å². The molecule has 4 heteroatoms. The highest BCUT2D eigenvalue weighted by Crippen LogP contribution is 2.19. The second-order valence-electron chi connectivity index (χ2n) is 4.50. The molecule has 0 bridgehead atoms. The summed E-state index contributed by atoms with van der Waals surface area (Å²) in [5.74, 6) is 0.0596. The number of carbonyl (C=O) groups excluding carboxylic acids is 1. The number of amides is 1. The van der Waals surface area contributed by atoms with Crippen molar-refractivity contribution in [1.29, 1.82) is 0 Å². The molecule has 0 saturated heterocycles. The molecule has 1 aromatic rings. The molecule has 0 aliphatic heterocycles. The quantitative estimate of drug-likeness (QED) is 0.876. The Morgan fingerprint density at radius 2 is 2.29 bits per heavy atom. The monoisotopic (exact) mass is 296 g/mol. The summed E-state index contributed by atoms with van der Waals surface area (Å²) in [6, 6.07) is 8.61. The molecule has 2 rings (SSSR count). The fourth-order valence-corrected chi connectivity index (χ4v) is 2.09. The van der Waals surface area contributed by atoms with Crippen LogP contribution in [0.5, 0.6) is 0 Å². The first kappa shape index (κ1) is 12.6. The number of carbonyl (C=O) groups is 1. The molecule has 1 atom stereocenters. The molecule has 1 saturated carbocycles. The van der Waals surface area contributed by atoms with Crippen LogP contribution in [0.15, 0.2) is 28.7 Å². The first-order valence-corrected chi connectivity index (χ1v) is 6.72. The lowest BCUT2D eigenvalue weighted by Crippen LogP contribution is -2.36. The minimum Gasteiger partial charge on any atom is -0.348 e. The van der Waals surface area contributed by atoms with Crippen LogP contribution in [-0.4, -0.2) is 18.5 Å². The van der Waals surface area contributed by atoms with Gasteiger partial charge in [0.05, 0.1) is 12.6 Å². The number of hydrogen-bond donors (Lipinski definition) is 2. The van der Waals surface area contributed by atoms with E-state index >= 15 is 0 Å². The number of halogens is 1. The zero-order valence-electron chi connectivity index (χ0n) is 9.87. The van der Waals surface area contributed by atoms with Gasteiger partial charge in [-0.05, 0) is 37.5 Å². The Balaban J connectivity index is 1.82. The van der Waals surface area contributed by atoms with Crippen LogP contribution in [0, 0.1) is 0 Å². The Kier molecular flexibility index (Phi) is 4.18. The Morgan fingerprint density at radius 1 is 1.53 bits per heavy atom. The molecule has 1 aromatic carbocycles. The summed E-state index contributed by atoms with van der Waals surface area (Å²) in [6.45, 7) is 2.42. The standard InChI is InChI=1S/C13H17BrN2O/c1-9(10-3-2-4-11(14)7-10)16-13(17)8-15-12-5-6-12/h2-4,7,9,12,15H,5-6,8H2,1H3,(H,16,17). The lowest BCUT2D eigenvalue weighted by Gasteiger charge is -2.14. The lowest BCUT2D eigenvalue weighted by atomic mass is 10.1. The van der Waals surface area contributed by atoms with Crippen molar-refractivity contribution in [3.8, 4) is 0 Å². The average Bonchev–Trinajstić information content (AvgIpc) is 3.10. The van der Waals surface area contributed by atoms with Crippen LogP contribution in [-0.2, 0) is 4.79 Å². The Hall–Kier alpha value is -0.870. The van der Waals surface area contributed by atoms with Crippen LogP contribution in [0.1, 0.15) is 31.4 Å². The Morgan fingerprint density at radius 3 is 2.94 bits per heavy atom. The maximum atomic E-state index is 11.7. The number of rotatable bonds is 5. The summed E-state index contributed by atoms with van der Waals surface area (Å²) in [6.07, 6.45) is 2.41. The van der Waals surface area contributed by atoms with Crippen molar-refractivity contribution in [3.05, 3.63) is 34.3 Å². The second-order valence-corrected chi connectivity index (χ2v) is 5.42. The molecular weight excluding hydrogens is 280 g/mol. The number of benzene rings is 1. The molecule has 0 aromatic heterocycles. The van der Waals surface area contributed by atoms with Crippen molar-refractivity contribution >= 4 is 21.8 Å². The first-order chi connectivity index (χ1) is 8.15. The lowest BCUT2D eigenvalue weighted by molar-refractivity contribution is -0.120. The van der Waals surface area contributed by atoms with E-state index < -0.39 is 0 Å². The molecule has 17 heavy (non-hydrogen) atoms. The number of nitrogens with one attached hydrogen (secondary N) is 2. The van der Waals surface area contributed by atoms with E-state index in [1.807, 2.05) is 31.2 Å². The van der Waals surface area contributed by atoms with E-state index in [-0.39, 0.29) is 11.9 Å². The molecule has 1 aliphatic rings. The van der Waals surface area contributed by atoms with Gasteiger partial charge >= 0.3 is 0 Å². The highest BCUT2D eigenvalue weighted by atomic mass is 79.9. The van der Waals surface area contributed by atoms with E-state index in [1.54, 1.807) is 0 Å². The molecule has 1 unspecified atom stereocenters. The fraction of sp³-hybridized carbons (Fsp3) is 0.462.